The minimum absolute atomic E-state index is 0.236. The lowest BCUT2D eigenvalue weighted by Crippen LogP contribution is -2.39. The van der Waals surface area contributed by atoms with E-state index in [4.69, 9.17) is 10.2 Å². The van der Waals surface area contributed by atoms with Gasteiger partial charge in [-0.25, -0.2) is 9.59 Å². The second-order valence-electron chi connectivity index (χ2n) is 4.43. The normalized spacial score (nSPS) is 11.7. The number of aliphatic carboxylic acids is 1. The van der Waals surface area contributed by atoms with Crippen LogP contribution in [0, 0.1) is 0 Å². The summed E-state index contributed by atoms with van der Waals surface area (Å²) in [4.78, 5) is 32.5. The number of nitrogens with one attached hydrogen (secondary N) is 1. The van der Waals surface area contributed by atoms with Gasteiger partial charge in [0.2, 0.25) is 5.91 Å². The number of carboxylic acid groups (broad SMARTS) is 2. The van der Waals surface area contributed by atoms with Crippen LogP contribution in [0.15, 0.2) is 24.3 Å². The van der Waals surface area contributed by atoms with Crippen molar-refractivity contribution in [2.45, 2.75) is 25.1 Å². The molecule has 0 heterocycles. The Hall–Kier alpha value is -2.02. The van der Waals surface area contributed by atoms with Crippen LogP contribution >= 0.6 is 11.8 Å². The number of carbonyl (C=O) groups excluding carboxylic acids is 1. The van der Waals surface area contributed by atoms with E-state index in [1.165, 1.54) is 30.8 Å². The van der Waals surface area contributed by atoms with Gasteiger partial charge < -0.3 is 15.5 Å². The lowest BCUT2D eigenvalue weighted by molar-refractivity contribution is -0.141. The molecule has 1 rings (SSSR count). The van der Waals surface area contributed by atoms with Gasteiger partial charge >= 0.3 is 11.9 Å². The molecule has 114 valence electrons. The summed E-state index contributed by atoms with van der Waals surface area (Å²) in [5, 5.41) is 20.1. The SMILES string of the molecule is CC(=O)NC(CCSCc1ccc(C(=O)O)cc1)C(=O)O. The Morgan fingerprint density at radius 3 is 2.29 bits per heavy atom. The second-order valence-corrected chi connectivity index (χ2v) is 5.54. The van der Waals surface area contributed by atoms with E-state index >= 15 is 0 Å². The first-order valence-electron chi connectivity index (χ1n) is 6.30. The summed E-state index contributed by atoms with van der Waals surface area (Å²) in [7, 11) is 0. The minimum Gasteiger partial charge on any atom is -0.480 e. The summed E-state index contributed by atoms with van der Waals surface area (Å²) in [5.41, 5.74) is 1.21. The number of carbonyl (C=O) groups is 3. The molecule has 0 spiro atoms. The van der Waals surface area contributed by atoms with Crippen molar-refractivity contribution in [1.29, 1.82) is 0 Å². The number of hydrogen-bond donors (Lipinski definition) is 3. The van der Waals surface area contributed by atoms with Crippen LogP contribution in [0.4, 0.5) is 0 Å². The number of hydrogen-bond acceptors (Lipinski definition) is 4. The molecule has 1 aromatic carbocycles. The first kappa shape index (κ1) is 17.0. The van der Waals surface area contributed by atoms with Gasteiger partial charge in [-0.05, 0) is 29.9 Å². The second kappa shape index (κ2) is 8.31. The molecule has 0 bridgehead atoms. The Labute approximate surface area is 126 Å². The lowest BCUT2D eigenvalue weighted by Gasteiger charge is -2.12. The average molecular weight is 311 g/mol. The fraction of sp³-hybridized carbons (Fsp3) is 0.357. The summed E-state index contributed by atoms with van der Waals surface area (Å²) < 4.78 is 0. The number of aromatic carboxylic acids is 1. The standard InChI is InChI=1S/C14H17NO5S/c1-9(16)15-12(14(19)20)6-7-21-8-10-2-4-11(5-3-10)13(17)18/h2-5,12H,6-8H2,1H3,(H,15,16)(H,17,18)(H,19,20). The van der Waals surface area contributed by atoms with Crippen LogP contribution in [0.25, 0.3) is 0 Å². The molecule has 0 saturated heterocycles. The molecule has 0 radical (unpaired) electrons. The van der Waals surface area contributed by atoms with E-state index in [1.54, 1.807) is 12.1 Å². The zero-order valence-electron chi connectivity index (χ0n) is 11.5. The fourth-order valence-corrected chi connectivity index (χ4v) is 2.61. The van der Waals surface area contributed by atoms with Gasteiger partial charge in [-0.1, -0.05) is 12.1 Å². The molecule has 0 saturated carbocycles. The molecule has 0 aliphatic rings. The molecular formula is C14H17NO5S. The van der Waals surface area contributed by atoms with E-state index in [1.807, 2.05) is 0 Å². The zero-order chi connectivity index (χ0) is 15.8. The third-order valence-electron chi connectivity index (χ3n) is 2.70. The molecule has 3 N–H and O–H groups in total. The molecule has 1 aromatic rings. The van der Waals surface area contributed by atoms with Gasteiger partial charge in [0, 0.05) is 12.7 Å². The Morgan fingerprint density at radius 2 is 1.81 bits per heavy atom. The molecular weight excluding hydrogens is 294 g/mol. The summed E-state index contributed by atoms with van der Waals surface area (Å²) in [6.45, 7) is 1.28. The average Bonchev–Trinajstić information content (AvgIpc) is 2.42. The van der Waals surface area contributed by atoms with Crippen molar-refractivity contribution < 1.29 is 24.6 Å². The van der Waals surface area contributed by atoms with Crippen LogP contribution in [-0.2, 0) is 15.3 Å². The molecule has 0 aromatic heterocycles. The van der Waals surface area contributed by atoms with E-state index in [0.717, 1.165) is 5.56 Å². The number of benzene rings is 1. The molecule has 21 heavy (non-hydrogen) atoms. The molecule has 1 unspecified atom stereocenters. The summed E-state index contributed by atoms with van der Waals surface area (Å²) in [6.07, 6.45) is 0.340. The smallest absolute Gasteiger partial charge is 0.335 e. The zero-order valence-corrected chi connectivity index (χ0v) is 12.4. The molecule has 1 atom stereocenters. The summed E-state index contributed by atoms with van der Waals surface area (Å²) in [6, 6.07) is 5.67. The number of amides is 1. The molecule has 7 heteroatoms. The highest BCUT2D eigenvalue weighted by atomic mass is 32.2. The Morgan fingerprint density at radius 1 is 1.19 bits per heavy atom. The quantitative estimate of drug-likeness (QED) is 0.630. The minimum atomic E-state index is -1.04. The van der Waals surface area contributed by atoms with Crippen molar-refractivity contribution in [3.8, 4) is 0 Å². The number of thioether (sulfide) groups is 1. The molecule has 6 nitrogen and oxygen atoms in total. The van der Waals surface area contributed by atoms with Crippen LogP contribution in [0.3, 0.4) is 0 Å². The molecule has 0 aliphatic carbocycles. The Balaban J connectivity index is 2.37. The van der Waals surface area contributed by atoms with Gasteiger partial charge in [0.05, 0.1) is 5.56 Å². The topological polar surface area (TPSA) is 104 Å². The maximum atomic E-state index is 10.9. The third-order valence-corrected chi connectivity index (χ3v) is 3.76. The predicted octanol–water partition coefficient (Wildman–Crippen LogP) is 1.60. The number of carboxylic acids is 2. The van der Waals surface area contributed by atoms with Crippen molar-refractivity contribution in [2.75, 3.05) is 5.75 Å². The number of rotatable bonds is 8. The van der Waals surface area contributed by atoms with Gasteiger partial charge in [-0.3, -0.25) is 4.79 Å². The third kappa shape index (κ3) is 6.31. The predicted molar refractivity (Wildman–Crippen MR) is 79.4 cm³/mol. The van der Waals surface area contributed by atoms with E-state index in [0.29, 0.717) is 17.9 Å². The monoisotopic (exact) mass is 311 g/mol. The largest absolute Gasteiger partial charge is 0.480 e. The van der Waals surface area contributed by atoms with E-state index in [-0.39, 0.29) is 11.5 Å². The highest BCUT2D eigenvalue weighted by Gasteiger charge is 2.17. The highest BCUT2D eigenvalue weighted by Crippen LogP contribution is 2.15. The van der Waals surface area contributed by atoms with Crippen molar-refractivity contribution in [2.24, 2.45) is 0 Å². The van der Waals surface area contributed by atoms with Crippen LogP contribution in [0.2, 0.25) is 0 Å². The highest BCUT2D eigenvalue weighted by molar-refractivity contribution is 7.98. The van der Waals surface area contributed by atoms with Crippen LogP contribution in [-0.4, -0.2) is 39.9 Å². The van der Waals surface area contributed by atoms with Crippen LogP contribution in [0.5, 0.6) is 0 Å². The van der Waals surface area contributed by atoms with E-state index < -0.39 is 18.0 Å². The first-order chi connectivity index (χ1) is 9.90. The summed E-state index contributed by atoms with van der Waals surface area (Å²) >= 11 is 1.53. The Bertz CT molecular complexity index is 515. The molecule has 1 amide bonds. The Kier molecular flexibility index (Phi) is 6.74. The maximum Gasteiger partial charge on any atom is 0.335 e. The first-order valence-corrected chi connectivity index (χ1v) is 7.45. The molecule has 0 aliphatic heterocycles. The fourth-order valence-electron chi connectivity index (χ4n) is 1.64. The van der Waals surface area contributed by atoms with Gasteiger partial charge in [0.1, 0.15) is 6.04 Å². The van der Waals surface area contributed by atoms with Gasteiger partial charge in [-0.15, -0.1) is 0 Å². The van der Waals surface area contributed by atoms with Crippen molar-refractivity contribution >= 4 is 29.6 Å². The summed E-state index contributed by atoms with van der Waals surface area (Å²) in [5.74, 6) is -1.13. The van der Waals surface area contributed by atoms with Crippen molar-refractivity contribution in [3.05, 3.63) is 35.4 Å². The van der Waals surface area contributed by atoms with E-state index in [9.17, 15) is 14.4 Å². The maximum absolute atomic E-state index is 10.9. The van der Waals surface area contributed by atoms with Crippen molar-refractivity contribution in [3.63, 3.8) is 0 Å². The molecule has 0 fully saturated rings. The van der Waals surface area contributed by atoms with Gasteiger partial charge in [0.15, 0.2) is 0 Å². The van der Waals surface area contributed by atoms with Crippen LogP contribution < -0.4 is 5.32 Å². The van der Waals surface area contributed by atoms with Gasteiger partial charge in [0.25, 0.3) is 0 Å². The lowest BCUT2D eigenvalue weighted by atomic mass is 10.1. The van der Waals surface area contributed by atoms with E-state index in [2.05, 4.69) is 5.32 Å². The van der Waals surface area contributed by atoms with Crippen LogP contribution in [0.1, 0.15) is 29.3 Å². The van der Waals surface area contributed by atoms with Gasteiger partial charge in [-0.2, -0.15) is 11.8 Å². The van der Waals surface area contributed by atoms with Crippen molar-refractivity contribution in [1.82, 2.24) is 5.32 Å².